The summed E-state index contributed by atoms with van der Waals surface area (Å²) in [5.74, 6) is 0. The Balaban J connectivity index is 1.63. The standard InChI is InChI=1S/C33H33N3O3/c1-37-19-34-28-13-7-4-10-22(28)25-17-32-27(24-12-6-9-15-30(24)35(32)20-38-2)18-33-26(16-31(25)34)23-11-5-8-14-29(23)36(33)21-39-3/h4-15H,16-21H2,1-3H3. The van der Waals surface area contributed by atoms with E-state index in [-0.39, 0.29) is 0 Å². The van der Waals surface area contributed by atoms with Crippen LogP contribution in [-0.4, -0.2) is 35.0 Å². The van der Waals surface area contributed by atoms with E-state index in [1.165, 1.54) is 66.5 Å². The summed E-state index contributed by atoms with van der Waals surface area (Å²) < 4.78 is 24.4. The van der Waals surface area contributed by atoms with Gasteiger partial charge in [-0.1, -0.05) is 54.6 Å². The van der Waals surface area contributed by atoms with Crippen LogP contribution in [-0.2, 0) is 53.7 Å². The molecule has 0 amide bonds. The molecule has 0 spiro atoms. The van der Waals surface area contributed by atoms with Gasteiger partial charge in [0.15, 0.2) is 0 Å². The molecule has 6 nitrogen and oxygen atoms in total. The molecule has 0 bridgehead atoms. The first-order chi connectivity index (χ1) is 19.2. The van der Waals surface area contributed by atoms with Gasteiger partial charge in [0.2, 0.25) is 0 Å². The third-order valence-corrected chi connectivity index (χ3v) is 8.39. The lowest BCUT2D eigenvalue weighted by atomic mass is 10.0. The molecule has 1 aliphatic rings. The highest BCUT2D eigenvalue weighted by Crippen LogP contribution is 2.40. The highest BCUT2D eigenvalue weighted by Gasteiger charge is 2.28. The second-order valence-corrected chi connectivity index (χ2v) is 10.4. The Morgan fingerprint density at radius 2 is 0.744 bits per heavy atom. The van der Waals surface area contributed by atoms with Crippen molar-refractivity contribution in [3.8, 4) is 0 Å². The fraction of sp³-hybridized carbons (Fsp3) is 0.273. The van der Waals surface area contributed by atoms with Gasteiger partial charge in [-0.15, -0.1) is 0 Å². The third-order valence-electron chi connectivity index (χ3n) is 8.39. The van der Waals surface area contributed by atoms with Crippen LogP contribution in [0.1, 0.15) is 33.8 Å². The smallest absolute Gasteiger partial charge is 0.122 e. The van der Waals surface area contributed by atoms with E-state index >= 15 is 0 Å². The minimum absolute atomic E-state index is 0.510. The van der Waals surface area contributed by atoms with Gasteiger partial charge in [-0.05, 0) is 34.9 Å². The number of ether oxygens (including phenoxy) is 3. The molecule has 0 unspecified atom stereocenters. The van der Waals surface area contributed by atoms with Crippen LogP contribution in [0.4, 0.5) is 0 Å². The van der Waals surface area contributed by atoms with Gasteiger partial charge in [0.05, 0.1) is 16.6 Å². The van der Waals surface area contributed by atoms with E-state index in [4.69, 9.17) is 14.2 Å². The summed E-state index contributed by atoms with van der Waals surface area (Å²) in [4.78, 5) is 0. The Hall–Kier alpha value is -3.84. The molecule has 0 saturated heterocycles. The Morgan fingerprint density at radius 3 is 1.03 bits per heavy atom. The molecule has 7 rings (SSSR count). The van der Waals surface area contributed by atoms with E-state index in [0.717, 1.165) is 19.3 Å². The number of hydrogen-bond acceptors (Lipinski definition) is 3. The van der Waals surface area contributed by atoms with Gasteiger partial charge in [-0.25, -0.2) is 0 Å². The lowest BCUT2D eigenvalue weighted by Crippen LogP contribution is -2.09. The molecule has 39 heavy (non-hydrogen) atoms. The van der Waals surface area contributed by atoms with Crippen molar-refractivity contribution in [3.63, 3.8) is 0 Å². The van der Waals surface area contributed by atoms with Gasteiger partial charge < -0.3 is 27.9 Å². The lowest BCUT2D eigenvalue weighted by Gasteiger charge is -2.13. The molecule has 3 heterocycles. The number of aromatic nitrogens is 3. The van der Waals surface area contributed by atoms with Crippen molar-refractivity contribution in [2.75, 3.05) is 21.3 Å². The molecule has 0 aliphatic heterocycles. The molecule has 0 N–H and O–H groups in total. The zero-order valence-electron chi connectivity index (χ0n) is 22.7. The van der Waals surface area contributed by atoms with E-state index in [2.05, 4.69) is 86.5 Å². The fourth-order valence-electron chi connectivity index (χ4n) is 6.81. The van der Waals surface area contributed by atoms with Crippen molar-refractivity contribution in [2.45, 2.75) is 39.5 Å². The predicted molar refractivity (Wildman–Crippen MR) is 155 cm³/mol. The van der Waals surface area contributed by atoms with E-state index in [1.54, 1.807) is 21.3 Å². The highest BCUT2D eigenvalue weighted by atomic mass is 16.5. The third kappa shape index (κ3) is 3.67. The molecule has 6 heteroatoms. The molecular weight excluding hydrogens is 486 g/mol. The zero-order chi connectivity index (χ0) is 26.5. The maximum atomic E-state index is 5.78. The summed E-state index contributed by atoms with van der Waals surface area (Å²) in [6.07, 6.45) is 2.48. The number of hydrogen-bond donors (Lipinski definition) is 0. The Kier molecular flexibility index (Phi) is 6.04. The van der Waals surface area contributed by atoms with Crippen LogP contribution in [0, 0.1) is 0 Å². The summed E-state index contributed by atoms with van der Waals surface area (Å²) in [7, 11) is 5.34. The topological polar surface area (TPSA) is 42.5 Å². The molecule has 3 aromatic carbocycles. The van der Waals surface area contributed by atoms with Crippen LogP contribution in [0.15, 0.2) is 72.8 Å². The number of para-hydroxylation sites is 3. The summed E-state index contributed by atoms with van der Waals surface area (Å²) in [5, 5.41) is 3.86. The van der Waals surface area contributed by atoms with Crippen molar-refractivity contribution in [3.05, 3.63) is 107 Å². The molecule has 198 valence electrons. The van der Waals surface area contributed by atoms with Crippen LogP contribution in [0.5, 0.6) is 0 Å². The summed E-state index contributed by atoms with van der Waals surface area (Å²) in [6, 6.07) is 26.2. The van der Waals surface area contributed by atoms with Crippen LogP contribution < -0.4 is 0 Å². The number of methoxy groups -OCH3 is 3. The number of benzene rings is 3. The maximum Gasteiger partial charge on any atom is 0.122 e. The monoisotopic (exact) mass is 519 g/mol. The first-order valence-corrected chi connectivity index (χ1v) is 13.5. The van der Waals surface area contributed by atoms with Crippen molar-refractivity contribution in [1.29, 1.82) is 0 Å². The summed E-state index contributed by atoms with van der Waals surface area (Å²) in [5.41, 5.74) is 11.6. The quantitative estimate of drug-likeness (QED) is 0.254. The van der Waals surface area contributed by atoms with E-state index in [9.17, 15) is 0 Å². The van der Waals surface area contributed by atoms with Gasteiger partial charge in [-0.2, -0.15) is 0 Å². The van der Waals surface area contributed by atoms with Crippen molar-refractivity contribution >= 4 is 32.7 Å². The largest absolute Gasteiger partial charge is 0.364 e. The van der Waals surface area contributed by atoms with Crippen molar-refractivity contribution in [2.24, 2.45) is 0 Å². The minimum Gasteiger partial charge on any atom is -0.364 e. The van der Waals surface area contributed by atoms with Gasteiger partial charge in [0, 0.05) is 73.8 Å². The Bertz CT molecular complexity index is 1620. The number of nitrogens with zero attached hydrogens (tertiary/aromatic N) is 3. The fourth-order valence-corrected chi connectivity index (χ4v) is 6.81. The molecule has 1 aliphatic carbocycles. The Morgan fingerprint density at radius 1 is 0.462 bits per heavy atom. The average Bonchev–Trinajstić information content (AvgIpc) is 3.54. The van der Waals surface area contributed by atoms with Crippen LogP contribution in [0.25, 0.3) is 32.7 Å². The minimum atomic E-state index is 0.510. The van der Waals surface area contributed by atoms with Crippen LogP contribution in [0.3, 0.4) is 0 Å². The SMILES string of the molecule is COCn1c2c(c3ccccc31)Cc1c(c3ccccc3n1COC)Cc1c(c3ccccc3n1COC)C2. The number of rotatable bonds is 6. The summed E-state index contributed by atoms with van der Waals surface area (Å²) >= 11 is 0. The van der Waals surface area contributed by atoms with Gasteiger partial charge in [0.25, 0.3) is 0 Å². The average molecular weight is 520 g/mol. The number of fused-ring (bicyclic) bond motifs is 9. The van der Waals surface area contributed by atoms with E-state index in [0.29, 0.717) is 20.2 Å². The normalized spacial score (nSPS) is 13.3. The zero-order valence-corrected chi connectivity index (χ0v) is 22.7. The van der Waals surface area contributed by atoms with Crippen molar-refractivity contribution < 1.29 is 14.2 Å². The summed E-state index contributed by atoms with van der Waals surface area (Å²) in [6.45, 7) is 1.53. The molecule has 3 aromatic heterocycles. The highest BCUT2D eigenvalue weighted by molar-refractivity contribution is 5.91. The molecule has 0 radical (unpaired) electrons. The van der Waals surface area contributed by atoms with Gasteiger partial charge >= 0.3 is 0 Å². The Labute approximate surface area is 227 Å². The second-order valence-electron chi connectivity index (χ2n) is 10.4. The van der Waals surface area contributed by atoms with Crippen molar-refractivity contribution in [1.82, 2.24) is 13.7 Å². The maximum absolute atomic E-state index is 5.78. The van der Waals surface area contributed by atoms with Crippen LogP contribution >= 0.6 is 0 Å². The first-order valence-electron chi connectivity index (χ1n) is 13.5. The second kappa shape index (κ2) is 9.72. The van der Waals surface area contributed by atoms with E-state index in [1.807, 2.05) is 0 Å². The predicted octanol–water partition coefficient (Wildman–Crippen LogP) is 6.45. The lowest BCUT2D eigenvalue weighted by molar-refractivity contribution is 0.132. The first kappa shape index (κ1) is 24.2. The molecule has 0 saturated carbocycles. The molecule has 6 aromatic rings. The molecule has 0 fully saturated rings. The van der Waals surface area contributed by atoms with Gasteiger partial charge in [0.1, 0.15) is 20.2 Å². The van der Waals surface area contributed by atoms with Crippen LogP contribution in [0.2, 0.25) is 0 Å². The molecular formula is C33H33N3O3. The van der Waals surface area contributed by atoms with Gasteiger partial charge in [-0.3, -0.25) is 0 Å². The molecule has 0 atom stereocenters. The van der Waals surface area contributed by atoms with E-state index < -0.39 is 0 Å².